The second-order valence-electron chi connectivity index (χ2n) is 6.77. The van der Waals surface area contributed by atoms with E-state index >= 15 is 0 Å². The molecule has 1 N–H and O–H groups in total. The highest BCUT2D eigenvalue weighted by Crippen LogP contribution is 2.29. The average molecular weight is 396 g/mol. The van der Waals surface area contributed by atoms with Gasteiger partial charge in [-0.1, -0.05) is 13.8 Å². The number of nitrogens with one attached hydrogen (secondary N) is 1. The number of ether oxygens (including phenoxy) is 2. The molecule has 0 saturated carbocycles. The second kappa shape index (κ2) is 9.47. The maximum Gasteiger partial charge on any atom is 0.291 e. The van der Waals surface area contributed by atoms with E-state index in [9.17, 15) is 4.79 Å². The van der Waals surface area contributed by atoms with Crippen molar-refractivity contribution in [2.75, 3.05) is 38.7 Å². The molecule has 2 aromatic carbocycles. The van der Waals surface area contributed by atoms with Crippen LogP contribution in [0.15, 0.2) is 46.9 Å². The SMILES string of the molecule is CCN(CC)CCOc1ccc(NC(=O)c2oc3ccc(OC)cc3c2C)cc1. The van der Waals surface area contributed by atoms with E-state index in [4.69, 9.17) is 13.9 Å². The Labute approximate surface area is 171 Å². The topological polar surface area (TPSA) is 63.9 Å². The predicted molar refractivity (Wildman–Crippen MR) is 115 cm³/mol. The Balaban J connectivity index is 1.63. The highest BCUT2D eigenvalue weighted by Gasteiger charge is 2.18. The number of methoxy groups -OCH3 is 1. The Morgan fingerprint density at radius 3 is 2.41 bits per heavy atom. The number of anilines is 1. The van der Waals surface area contributed by atoms with Gasteiger partial charge in [0.25, 0.3) is 5.91 Å². The van der Waals surface area contributed by atoms with Gasteiger partial charge in [-0.3, -0.25) is 4.79 Å². The van der Waals surface area contributed by atoms with Crippen molar-refractivity contribution < 1.29 is 18.7 Å². The number of carbonyl (C=O) groups is 1. The van der Waals surface area contributed by atoms with Crippen molar-refractivity contribution in [2.45, 2.75) is 20.8 Å². The maximum atomic E-state index is 12.7. The molecule has 6 heteroatoms. The fourth-order valence-corrected chi connectivity index (χ4v) is 3.20. The third kappa shape index (κ3) is 4.90. The molecule has 0 saturated heterocycles. The van der Waals surface area contributed by atoms with Gasteiger partial charge < -0.3 is 24.1 Å². The summed E-state index contributed by atoms with van der Waals surface area (Å²) >= 11 is 0. The van der Waals surface area contributed by atoms with Crippen LogP contribution in [-0.4, -0.2) is 44.2 Å². The first-order valence-electron chi connectivity index (χ1n) is 9.89. The molecule has 3 rings (SSSR count). The number of hydrogen-bond donors (Lipinski definition) is 1. The Morgan fingerprint density at radius 2 is 1.76 bits per heavy atom. The molecule has 0 bridgehead atoms. The summed E-state index contributed by atoms with van der Waals surface area (Å²) in [7, 11) is 1.61. The molecule has 0 aliphatic carbocycles. The summed E-state index contributed by atoms with van der Waals surface area (Å²) in [4.78, 5) is 15.0. The molecule has 6 nitrogen and oxygen atoms in total. The van der Waals surface area contributed by atoms with E-state index in [1.54, 1.807) is 7.11 Å². The van der Waals surface area contributed by atoms with E-state index < -0.39 is 0 Å². The summed E-state index contributed by atoms with van der Waals surface area (Å²) < 4.78 is 16.8. The summed E-state index contributed by atoms with van der Waals surface area (Å²) in [5, 5.41) is 3.75. The molecule has 0 fully saturated rings. The number of benzene rings is 2. The number of carbonyl (C=O) groups excluding carboxylic acids is 1. The number of aryl methyl sites for hydroxylation is 1. The van der Waals surface area contributed by atoms with E-state index in [1.807, 2.05) is 49.4 Å². The summed E-state index contributed by atoms with van der Waals surface area (Å²) in [6, 6.07) is 12.9. The monoisotopic (exact) mass is 396 g/mol. The third-order valence-corrected chi connectivity index (χ3v) is 5.03. The number of fused-ring (bicyclic) bond motifs is 1. The second-order valence-corrected chi connectivity index (χ2v) is 6.77. The van der Waals surface area contributed by atoms with E-state index in [0.29, 0.717) is 23.6 Å². The first kappa shape index (κ1) is 20.7. The van der Waals surface area contributed by atoms with Gasteiger partial charge in [-0.25, -0.2) is 0 Å². The molecule has 29 heavy (non-hydrogen) atoms. The molecule has 1 amide bonds. The number of hydrogen-bond acceptors (Lipinski definition) is 5. The van der Waals surface area contributed by atoms with Gasteiger partial charge in [0.2, 0.25) is 0 Å². The van der Waals surface area contributed by atoms with Crippen molar-refractivity contribution in [1.82, 2.24) is 4.90 Å². The molecule has 0 radical (unpaired) electrons. The molecule has 3 aromatic rings. The minimum atomic E-state index is -0.284. The minimum absolute atomic E-state index is 0.284. The van der Waals surface area contributed by atoms with Crippen LogP contribution in [0.3, 0.4) is 0 Å². The van der Waals surface area contributed by atoms with Crippen LogP contribution < -0.4 is 14.8 Å². The summed E-state index contributed by atoms with van der Waals surface area (Å²) in [6.45, 7) is 9.70. The predicted octanol–water partition coefficient (Wildman–Crippen LogP) is 4.72. The molecule has 0 spiro atoms. The van der Waals surface area contributed by atoms with Crippen molar-refractivity contribution >= 4 is 22.6 Å². The standard InChI is InChI=1S/C23H28N2O4/c1-5-25(6-2)13-14-28-18-9-7-17(8-10-18)24-23(26)22-16(3)20-15-19(27-4)11-12-21(20)29-22/h7-12,15H,5-6,13-14H2,1-4H3,(H,24,26). The van der Waals surface area contributed by atoms with Crippen molar-refractivity contribution in [3.63, 3.8) is 0 Å². The van der Waals surface area contributed by atoms with Crippen LogP contribution in [0.4, 0.5) is 5.69 Å². The number of rotatable bonds is 9. The lowest BCUT2D eigenvalue weighted by atomic mass is 10.1. The number of amides is 1. The van der Waals surface area contributed by atoms with Crippen LogP contribution in [0, 0.1) is 6.92 Å². The number of furan rings is 1. The van der Waals surface area contributed by atoms with Crippen LogP contribution in [0.25, 0.3) is 11.0 Å². The van der Waals surface area contributed by atoms with Crippen LogP contribution in [0.5, 0.6) is 11.5 Å². The first-order chi connectivity index (χ1) is 14.0. The van der Waals surface area contributed by atoms with Gasteiger partial charge >= 0.3 is 0 Å². The molecular weight excluding hydrogens is 368 g/mol. The van der Waals surface area contributed by atoms with E-state index in [2.05, 4.69) is 24.1 Å². The van der Waals surface area contributed by atoms with Crippen LogP contribution in [0.1, 0.15) is 30.0 Å². The Morgan fingerprint density at radius 1 is 1.07 bits per heavy atom. The average Bonchev–Trinajstić information content (AvgIpc) is 3.08. The zero-order chi connectivity index (χ0) is 20.8. The van der Waals surface area contributed by atoms with Crippen LogP contribution in [-0.2, 0) is 0 Å². The maximum absolute atomic E-state index is 12.7. The van der Waals surface area contributed by atoms with Crippen LogP contribution >= 0.6 is 0 Å². The molecule has 1 heterocycles. The lowest BCUT2D eigenvalue weighted by Gasteiger charge is -2.18. The molecular formula is C23H28N2O4. The van der Waals surface area contributed by atoms with Crippen LogP contribution in [0.2, 0.25) is 0 Å². The fraction of sp³-hybridized carbons (Fsp3) is 0.348. The van der Waals surface area contributed by atoms with Gasteiger partial charge in [0.15, 0.2) is 5.76 Å². The van der Waals surface area contributed by atoms with Crippen molar-refractivity contribution in [3.8, 4) is 11.5 Å². The van der Waals surface area contributed by atoms with Gasteiger partial charge in [0.05, 0.1) is 7.11 Å². The molecule has 154 valence electrons. The molecule has 1 aromatic heterocycles. The van der Waals surface area contributed by atoms with E-state index in [0.717, 1.165) is 42.1 Å². The largest absolute Gasteiger partial charge is 0.497 e. The first-order valence-corrected chi connectivity index (χ1v) is 9.89. The number of nitrogens with zero attached hydrogens (tertiary/aromatic N) is 1. The summed E-state index contributed by atoms with van der Waals surface area (Å²) in [5.41, 5.74) is 2.13. The van der Waals surface area contributed by atoms with Crippen molar-refractivity contribution in [2.24, 2.45) is 0 Å². The molecule has 0 unspecified atom stereocenters. The quantitative estimate of drug-likeness (QED) is 0.567. The van der Waals surface area contributed by atoms with Gasteiger partial charge in [0.1, 0.15) is 23.7 Å². The van der Waals surface area contributed by atoms with Crippen molar-refractivity contribution in [3.05, 3.63) is 53.8 Å². The fourth-order valence-electron chi connectivity index (χ4n) is 3.20. The van der Waals surface area contributed by atoms with Gasteiger partial charge in [0, 0.05) is 23.2 Å². The smallest absolute Gasteiger partial charge is 0.291 e. The molecule has 0 atom stereocenters. The zero-order valence-corrected chi connectivity index (χ0v) is 17.5. The van der Waals surface area contributed by atoms with Crippen molar-refractivity contribution in [1.29, 1.82) is 0 Å². The molecule has 0 aliphatic heterocycles. The normalized spacial score (nSPS) is 11.1. The lowest BCUT2D eigenvalue weighted by molar-refractivity contribution is 0.0998. The van der Waals surface area contributed by atoms with E-state index in [-0.39, 0.29) is 5.91 Å². The highest BCUT2D eigenvalue weighted by molar-refractivity contribution is 6.06. The zero-order valence-electron chi connectivity index (χ0n) is 17.5. The summed E-state index contributed by atoms with van der Waals surface area (Å²) in [6.07, 6.45) is 0. The lowest BCUT2D eigenvalue weighted by Crippen LogP contribution is -2.27. The third-order valence-electron chi connectivity index (χ3n) is 5.03. The Bertz CT molecular complexity index is 959. The van der Waals surface area contributed by atoms with E-state index in [1.165, 1.54) is 0 Å². The van der Waals surface area contributed by atoms with Gasteiger partial charge in [-0.05, 0) is 62.5 Å². The highest BCUT2D eigenvalue weighted by atomic mass is 16.5. The van der Waals surface area contributed by atoms with Gasteiger partial charge in [-0.2, -0.15) is 0 Å². The molecule has 0 aliphatic rings. The summed E-state index contributed by atoms with van der Waals surface area (Å²) in [5.74, 6) is 1.52. The minimum Gasteiger partial charge on any atom is -0.497 e. The Kier molecular flexibility index (Phi) is 6.77. The Hall–Kier alpha value is -2.99. The van der Waals surface area contributed by atoms with Gasteiger partial charge in [-0.15, -0.1) is 0 Å². The number of likely N-dealkylation sites (N-methyl/N-ethyl adjacent to an activating group) is 1.